The van der Waals surface area contributed by atoms with Gasteiger partial charge in [0.05, 0.1) is 5.60 Å². The monoisotopic (exact) mass is 462 g/mol. The standard InChI is InChI=1S/C29H50O4/c1-20(2)12-9-13-21(3)14-10-15-22(4)16-11-18-26(6)19-17-24-23(5)25(30)27(7,31)28(8)29(24,32-26)33-28/h20-22,31H,9-19H2,1-8H3/t21-,22-,26-,27+,28+,29-/m1/s1. The largest absolute Gasteiger partial charge is 0.379 e. The zero-order valence-corrected chi connectivity index (χ0v) is 22.7. The van der Waals surface area contributed by atoms with Gasteiger partial charge in [-0.25, -0.2) is 0 Å². The maximum absolute atomic E-state index is 12.7. The van der Waals surface area contributed by atoms with Crippen molar-refractivity contribution in [3.05, 3.63) is 11.1 Å². The van der Waals surface area contributed by atoms with E-state index in [1.807, 2.05) is 13.8 Å². The van der Waals surface area contributed by atoms with E-state index < -0.39 is 17.0 Å². The topological polar surface area (TPSA) is 59.1 Å². The fourth-order valence-electron chi connectivity index (χ4n) is 6.29. The predicted octanol–water partition coefficient (Wildman–Crippen LogP) is 7.13. The fourth-order valence-corrected chi connectivity index (χ4v) is 6.29. The first-order valence-corrected chi connectivity index (χ1v) is 13.7. The molecule has 1 aliphatic carbocycles. The fraction of sp³-hybridized carbons (Fsp3) is 0.897. The molecule has 6 atom stereocenters. The second kappa shape index (κ2) is 9.74. The van der Waals surface area contributed by atoms with Gasteiger partial charge in [0.15, 0.2) is 17.0 Å². The summed E-state index contributed by atoms with van der Waals surface area (Å²) in [7, 11) is 0. The molecule has 4 heteroatoms. The van der Waals surface area contributed by atoms with E-state index in [-0.39, 0.29) is 11.4 Å². The van der Waals surface area contributed by atoms with Crippen molar-refractivity contribution in [3.8, 4) is 0 Å². The van der Waals surface area contributed by atoms with Crippen LogP contribution >= 0.6 is 0 Å². The van der Waals surface area contributed by atoms with Crippen LogP contribution in [0.5, 0.6) is 0 Å². The number of hydrogen-bond acceptors (Lipinski definition) is 4. The summed E-state index contributed by atoms with van der Waals surface area (Å²) in [4.78, 5) is 12.7. The van der Waals surface area contributed by atoms with Gasteiger partial charge in [0.1, 0.15) is 0 Å². The van der Waals surface area contributed by atoms with Crippen molar-refractivity contribution < 1.29 is 19.4 Å². The first-order chi connectivity index (χ1) is 15.3. The number of Topliss-reactive ketones (excluding diaryl/α,β-unsaturated/α-hetero) is 1. The van der Waals surface area contributed by atoms with Crippen molar-refractivity contribution in [2.75, 3.05) is 0 Å². The molecule has 0 amide bonds. The number of hydrogen-bond donors (Lipinski definition) is 1. The van der Waals surface area contributed by atoms with E-state index in [0.29, 0.717) is 5.57 Å². The Balaban J connectivity index is 1.43. The van der Waals surface area contributed by atoms with Gasteiger partial charge < -0.3 is 14.6 Å². The minimum Gasteiger partial charge on any atom is -0.379 e. The van der Waals surface area contributed by atoms with Gasteiger partial charge in [-0.15, -0.1) is 0 Å². The Hall–Kier alpha value is -0.710. The normalized spacial score (nSPS) is 37.7. The molecule has 1 spiro atoms. The quantitative estimate of drug-likeness (QED) is 0.313. The van der Waals surface area contributed by atoms with E-state index in [9.17, 15) is 9.90 Å². The van der Waals surface area contributed by atoms with E-state index in [4.69, 9.17) is 9.47 Å². The van der Waals surface area contributed by atoms with Gasteiger partial charge in [-0.3, -0.25) is 4.79 Å². The molecule has 2 fully saturated rings. The maximum atomic E-state index is 12.7. The van der Waals surface area contributed by atoms with Gasteiger partial charge in [-0.2, -0.15) is 0 Å². The summed E-state index contributed by atoms with van der Waals surface area (Å²) in [6.45, 7) is 16.8. The number of carbonyl (C=O) groups excluding carboxylic acids is 1. The third-order valence-corrected chi connectivity index (χ3v) is 9.06. The first kappa shape index (κ1) is 26.9. The van der Waals surface area contributed by atoms with E-state index in [1.54, 1.807) is 6.92 Å². The summed E-state index contributed by atoms with van der Waals surface area (Å²) in [5.74, 6) is 1.28. The second-order valence-electron chi connectivity index (χ2n) is 12.7. The van der Waals surface area contributed by atoms with Crippen molar-refractivity contribution >= 4 is 5.78 Å². The lowest BCUT2D eigenvalue weighted by Crippen LogP contribution is -2.59. The number of aliphatic hydroxyl groups is 1. The number of rotatable bonds is 12. The number of ether oxygens (including phenoxy) is 2. The lowest BCUT2D eigenvalue weighted by Gasteiger charge is -2.45. The average Bonchev–Trinajstić information content (AvgIpc) is 3.31. The molecule has 190 valence electrons. The van der Waals surface area contributed by atoms with Crippen LogP contribution in [0.15, 0.2) is 11.1 Å². The SMILES string of the molecule is CC1=C2CC[C@@](C)(CCC[C@H](C)CCC[C@H](C)CCCC(C)C)O[C@@]23O[C@@]3(C)[C@@](C)(O)C1=O. The highest BCUT2D eigenvalue weighted by molar-refractivity contribution is 6.05. The molecule has 0 radical (unpaired) electrons. The number of epoxide rings is 1. The van der Waals surface area contributed by atoms with Crippen LogP contribution in [0.3, 0.4) is 0 Å². The molecule has 2 heterocycles. The molecule has 4 nitrogen and oxygen atoms in total. The zero-order valence-electron chi connectivity index (χ0n) is 22.7. The van der Waals surface area contributed by atoms with Gasteiger partial charge in [-0.1, -0.05) is 79.1 Å². The van der Waals surface area contributed by atoms with Gasteiger partial charge in [0, 0.05) is 0 Å². The van der Waals surface area contributed by atoms with E-state index in [2.05, 4.69) is 34.6 Å². The summed E-state index contributed by atoms with van der Waals surface area (Å²) in [5.41, 5.74) is -1.21. The average molecular weight is 463 g/mol. The highest BCUT2D eigenvalue weighted by Crippen LogP contribution is 2.67. The Kier molecular flexibility index (Phi) is 7.94. The van der Waals surface area contributed by atoms with Crippen LogP contribution in [0.1, 0.15) is 126 Å². The number of carbonyl (C=O) groups is 1. The van der Waals surface area contributed by atoms with Gasteiger partial charge in [-0.05, 0) is 75.9 Å². The third-order valence-electron chi connectivity index (χ3n) is 9.06. The molecule has 0 aromatic heterocycles. The summed E-state index contributed by atoms with van der Waals surface area (Å²) in [6.07, 6.45) is 13.2. The van der Waals surface area contributed by atoms with Crippen molar-refractivity contribution in [3.63, 3.8) is 0 Å². The third kappa shape index (κ3) is 5.14. The molecule has 0 aromatic carbocycles. The zero-order chi connectivity index (χ0) is 24.7. The molecule has 0 saturated carbocycles. The first-order valence-electron chi connectivity index (χ1n) is 13.7. The summed E-state index contributed by atoms with van der Waals surface area (Å²) in [5, 5.41) is 10.9. The Labute approximate surface area is 202 Å². The van der Waals surface area contributed by atoms with Crippen LogP contribution in [0.2, 0.25) is 0 Å². The van der Waals surface area contributed by atoms with Crippen molar-refractivity contribution in [2.45, 2.75) is 149 Å². The van der Waals surface area contributed by atoms with E-state index in [0.717, 1.165) is 49.0 Å². The molecule has 0 bridgehead atoms. The second-order valence-corrected chi connectivity index (χ2v) is 12.7. The van der Waals surface area contributed by atoms with Crippen LogP contribution < -0.4 is 0 Å². The van der Waals surface area contributed by atoms with Crippen LogP contribution in [0.25, 0.3) is 0 Å². The Bertz CT molecular complexity index is 753. The maximum Gasteiger partial charge on any atom is 0.226 e. The van der Waals surface area contributed by atoms with Crippen LogP contribution in [0, 0.1) is 17.8 Å². The molecule has 3 aliphatic rings. The summed E-state index contributed by atoms with van der Waals surface area (Å²) < 4.78 is 12.8. The Morgan fingerprint density at radius 3 is 2.00 bits per heavy atom. The lowest BCUT2D eigenvalue weighted by atomic mass is 9.68. The Morgan fingerprint density at radius 2 is 1.42 bits per heavy atom. The molecule has 2 aliphatic heterocycles. The van der Waals surface area contributed by atoms with Crippen LogP contribution in [-0.4, -0.2) is 33.5 Å². The van der Waals surface area contributed by atoms with Crippen molar-refractivity contribution in [1.82, 2.24) is 0 Å². The molecule has 0 unspecified atom stereocenters. The molecule has 1 N–H and O–H groups in total. The van der Waals surface area contributed by atoms with E-state index in [1.165, 1.54) is 44.9 Å². The van der Waals surface area contributed by atoms with Gasteiger partial charge >= 0.3 is 0 Å². The molecule has 3 rings (SSSR count). The molecular weight excluding hydrogens is 412 g/mol. The molecule has 33 heavy (non-hydrogen) atoms. The summed E-state index contributed by atoms with van der Waals surface area (Å²) in [6, 6.07) is 0. The van der Waals surface area contributed by atoms with Crippen LogP contribution in [0.4, 0.5) is 0 Å². The predicted molar refractivity (Wildman–Crippen MR) is 134 cm³/mol. The molecule has 2 saturated heterocycles. The Morgan fingerprint density at radius 1 is 0.879 bits per heavy atom. The van der Waals surface area contributed by atoms with Crippen LogP contribution in [-0.2, 0) is 14.3 Å². The van der Waals surface area contributed by atoms with Gasteiger partial charge in [0.25, 0.3) is 0 Å². The minimum absolute atomic E-state index is 0.219. The molecule has 0 aromatic rings. The highest BCUT2D eigenvalue weighted by atomic mass is 16.8. The van der Waals surface area contributed by atoms with Gasteiger partial charge in [0.2, 0.25) is 5.79 Å². The van der Waals surface area contributed by atoms with Crippen molar-refractivity contribution in [2.24, 2.45) is 17.8 Å². The minimum atomic E-state index is -1.54. The number of ketones is 1. The smallest absolute Gasteiger partial charge is 0.226 e. The highest BCUT2D eigenvalue weighted by Gasteiger charge is 2.83. The van der Waals surface area contributed by atoms with Crippen molar-refractivity contribution in [1.29, 1.82) is 0 Å². The van der Waals surface area contributed by atoms with E-state index >= 15 is 0 Å². The molecular formula is C29H50O4. The summed E-state index contributed by atoms with van der Waals surface area (Å²) >= 11 is 0. The lowest BCUT2D eigenvalue weighted by molar-refractivity contribution is -0.165.